The number of nitrogens with two attached hydrogens (primary N) is 1. The predicted molar refractivity (Wildman–Crippen MR) is 72.1 cm³/mol. The zero-order valence-electron chi connectivity index (χ0n) is 9.92. The molecule has 1 atom stereocenters. The molecule has 17 heavy (non-hydrogen) atoms. The van der Waals surface area contributed by atoms with Gasteiger partial charge in [0.2, 0.25) is 0 Å². The zero-order valence-corrected chi connectivity index (χ0v) is 11.5. The summed E-state index contributed by atoms with van der Waals surface area (Å²) in [5.41, 5.74) is 7.49. The SMILES string of the molecule is N[C@H]1CC2(CCCCC2)Oc2ccc(Br)cc21. The number of hydrogen-bond donors (Lipinski definition) is 1. The first-order chi connectivity index (χ1) is 8.19. The summed E-state index contributed by atoms with van der Waals surface area (Å²) < 4.78 is 7.36. The fourth-order valence-electron chi connectivity index (χ4n) is 3.19. The Morgan fingerprint density at radius 3 is 2.76 bits per heavy atom. The van der Waals surface area contributed by atoms with Crippen molar-refractivity contribution in [2.24, 2.45) is 5.73 Å². The first-order valence-corrected chi connectivity index (χ1v) is 7.22. The van der Waals surface area contributed by atoms with E-state index in [1.54, 1.807) is 0 Å². The third-order valence-electron chi connectivity index (χ3n) is 4.05. The van der Waals surface area contributed by atoms with Gasteiger partial charge in [-0.1, -0.05) is 22.4 Å². The minimum Gasteiger partial charge on any atom is -0.487 e. The van der Waals surface area contributed by atoms with E-state index in [0.717, 1.165) is 35.0 Å². The molecule has 1 aromatic carbocycles. The fourth-order valence-corrected chi connectivity index (χ4v) is 3.57. The Hall–Kier alpha value is -0.540. The summed E-state index contributed by atoms with van der Waals surface area (Å²) in [5, 5.41) is 0. The van der Waals surface area contributed by atoms with Crippen molar-refractivity contribution >= 4 is 15.9 Å². The van der Waals surface area contributed by atoms with Crippen LogP contribution in [-0.2, 0) is 0 Å². The van der Waals surface area contributed by atoms with Crippen molar-refractivity contribution in [1.82, 2.24) is 0 Å². The molecule has 1 fully saturated rings. The first-order valence-electron chi connectivity index (χ1n) is 6.43. The zero-order chi connectivity index (χ0) is 11.9. The lowest BCUT2D eigenvalue weighted by Crippen LogP contribution is -2.44. The van der Waals surface area contributed by atoms with E-state index < -0.39 is 0 Å². The van der Waals surface area contributed by atoms with Crippen LogP contribution in [-0.4, -0.2) is 5.60 Å². The molecule has 0 aromatic heterocycles. The minimum atomic E-state index is 0.0263. The van der Waals surface area contributed by atoms with E-state index in [2.05, 4.69) is 28.1 Å². The Bertz CT molecular complexity index is 426. The average molecular weight is 296 g/mol. The van der Waals surface area contributed by atoms with Crippen molar-refractivity contribution in [3.63, 3.8) is 0 Å². The van der Waals surface area contributed by atoms with Crippen LogP contribution in [0.3, 0.4) is 0 Å². The highest BCUT2D eigenvalue weighted by Crippen LogP contribution is 2.45. The van der Waals surface area contributed by atoms with Gasteiger partial charge in [-0.05, 0) is 43.9 Å². The summed E-state index contributed by atoms with van der Waals surface area (Å²) in [6.07, 6.45) is 7.19. The number of ether oxygens (including phenoxy) is 1. The smallest absolute Gasteiger partial charge is 0.124 e. The molecule has 0 bridgehead atoms. The van der Waals surface area contributed by atoms with Gasteiger partial charge in [-0.15, -0.1) is 0 Å². The highest BCUT2D eigenvalue weighted by molar-refractivity contribution is 9.10. The van der Waals surface area contributed by atoms with Crippen molar-refractivity contribution in [2.45, 2.75) is 50.2 Å². The first kappa shape index (κ1) is 11.5. The quantitative estimate of drug-likeness (QED) is 0.787. The summed E-state index contributed by atoms with van der Waals surface area (Å²) in [6, 6.07) is 6.30. The molecule has 0 unspecified atom stereocenters. The van der Waals surface area contributed by atoms with Gasteiger partial charge in [-0.2, -0.15) is 0 Å². The molecule has 1 aliphatic heterocycles. The van der Waals surface area contributed by atoms with Crippen molar-refractivity contribution in [3.05, 3.63) is 28.2 Å². The molecule has 92 valence electrons. The van der Waals surface area contributed by atoms with Crippen LogP contribution in [0.4, 0.5) is 0 Å². The number of hydrogen-bond acceptors (Lipinski definition) is 2. The maximum Gasteiger partial charge on any atom is 0.124 e. The molecule has 2 aliphatic rings. The lowest BCUT2D eigenvalue weighted by Gasteiger charge is -2.43. The van der Waals surface area contributed by atoms with Crippen LogP contribution in [0.25, 0.3) is 0 Å². The van der Waals surface area contributed by atoms with Crippen LogP contribution < -0.4 is 10.5 Å². The minimum absolute atomic E-state index is 0.0263. The standard InChI is InChI=1S/C14H18BrNO/c15-10-4-5-13-11(8-10)12(16)9-14(17-13)6-2-1-3-7-14/h4-5,8,12H,1-3,6-7,9,16H2/t12-/m0/s1. The molecule has 0 saturated heterocycles. The lowest BCUT2D eigenvalue weighted by molar-refractivity contribution is 0.00192. The Morgan fingerprint density at radius 1 is 1.24 bits per heavy atom. The maximum atomic E-state index is 6.32. The monoisotopic (exact) mass is 295 g/mol. The molecule has 0 radical (unpaired) electrons. The third kappa shape index (κ3) is 2.11. The van der Waals surface area contributed by atoms with Gasteiger partial charge in [0.25, 0.3) is 0 Å². The largest absolute Gasteiger partial charge is 0.487 e. The second kappa shape index (κ2) is 4.29. The summed E-state index contributed by atoms with van der Waals surface area (Å²) in [6.45, 7) is 0. The van der Waals surface area contributed by atoms with Crippen molar-refractivity contribution < 1.29 is 4.74 Å². The van der Waals surface area contributed by atoms with Gasteiger partial charge in [0.15, 0.2) is 0 Å². The fraction of sp³-hybridized carbons (Fsp3) is 0.571. The molecule has 3 heteroatoms. The van der Waals surface area contributed by atoms with Crippen LogP contribution >= 0.6 is 15.9 Å². The van der Waals surface area contributed by atoms with E-state index in [1.165, 1.54) is 19.3 Å². The molecular formula is C14H18BrNO. The second-order valence-electron chi connectivity index (χ2n) is 5.34. The van der Waals surface area contributed by atoms with Gasteiger partial charge in [0, 0.05) is 22.5 Å². The Labute approximate surface area is 111 Å². The second-order valence-corrected chi connectivity index (χ2v) is 6.25. The molecule has 1 aliphatic carbocycles. The van der Waals surface area contributed by atoms with Crippen LogP contribution in [0.1, 0.15) is 50.1 Å². The van der Waals surface area contributed by atoms with E-state index in [-0.39, 0.29) is 11.6 Å². The van der Waals surface area contributed by atoms with Crippen molar-refractivity contribution in [3.8, 4) is 5.75 Å². The third-order valence-corrected chi connectivity index (χ3v) is 4.55. The number of halogens is 1. The normalized spacial score (nSPS) is 26.4. The van der Waals surface area contributed by atoms with Gasteiger partial charge in [-0.25, -0.2) is 0 Å². The summed E-state index contributed by atoms with van der Waals surface area (Å²) in [4.78, 5) is 0. The predicted octanol–water partition coefficient (Wildman–Crippen LogP) is 3.93. The summed E-state index contributed by atoms with van der Waals surface area (Å²) >= 11 is 3.49. The van der Waals surface area contributed by atoms with Crippen LogP contribution in [0.2, 0.25) is 0 Å². The molecule has 1 spiro atoms. The topological polar surface area (TPSA) is 35.2 Å². The molecule has 1 saturated carbocycles. The van der Waals surface area contributed by atoms with E-state index >= 15 is 0 Å². The lowest BCUT2D eigenvalue weighted by atomic mass is 9.77. The van der Waals surface area contributed by atoms with Gasteiger partial charge in [-0.3, -0.25) is 0 Å². The van der Waals surface area contributed by atoms with Gasteiger partial charge < -0.3 is 10.5 Å². The van der Waals surface area contributed by atoms with Crippen molar-refractivity contribution in [1.29, 1.82) is 0 Å². The van der Waals surface area contributed by atoms with Gasteiger partial charge in [0.05, 0.1) is 0 Å². The van der Waals surface area contributed by atoms with E-state index in [0.29, 0.717) is 0 Å². The molecule has 0 amide bonds. The Balaban J connectivity index is 1.94. The molecule has 2 N–H and O–H groups in total. The summed E-state index contributed by atoms with van der Waals surface area (Å²) in [7, 11) is 0. The van der Waals surface area contributed by atoms with Crippen LogP contribution in [0.15, 0.2) is 22.7 Å². The van der Waals surface area contributed by atoms with Crippen LogP contribution in [0.5, 0.6) is 5.75 Å². The number of benzene rings is 1. The highest BCUT2D eigenvalue weighted by Gasteiger charge is 2.40. The molecular weight excluding hydrogens is 278 g/mol. The number of fused-ring (bicyclic) bond motifs is 1. The average Bonchev–Trinajstić information content (AvgIpc) is 2.31. The number of rotatable bonds is 0. The molecule has 1 heterocycles. The molecule has 2 nitrogen and oxygen atoms in total. The molecule has 1 aromatic rings. The van der Waals surface area contributed by atoms with Gasteiger partial charge in [0.1, 0.15) is 11.4 Å². The Kier molecular flexibility index (Phi) is 2.91. The van der Waals surface area contributed by atoms with Crippen molar-refractivity contribution in [2.75, 3.05) is 0 Å². The van der Waals surface area contributed by atoms with E-state index in [4.69, 9.17) is 10.5 Å². The van der Waals surface area contributed by atoms with E-state index in [1.807, 2.05) is 6.07 Å². The maximum absolute atomic E-state index is 6.32. The van der Waals surface area contributed by atoms with Crippen LogP contribution in [0, 0.1) is 0 Å². The highest BCUT2D eigenvalue weighted by atomic mass is 79.9. The van der Waals surface area contributed by atoms with Gasteiger partial charge >= 0.3 is 0 Å². The van der Waals surface area contributed by atoms with E-state index in [9.17, 15) is 0 Å². The Morgan fingerprint density at radius 2 is 2.00 bits per heavy atom. The molecule has 3 rings (SSSR count). The summed E-state index contributed by atoms with van der Waals surface area (Å²) in [5.74, 6) is 0.994.